The van der Waals surface area contributed by atoms with Crippen LogP contribution in [0.5, 0.6) is 0 Å². The maximum Gasteiger partial charge on any atom is 0.305 e. The summed E-state index contributed by atoms with van der Waals surface area (Å²) in [5, 5.41) is 0. The fourth-order valence-corrected chi connectivity index (χ4v) is 2.32. The highest BCUT2D eigenvalue weighted by atomic mass is 16.5. The number of methoxy groups -OCH3 is 1. The van der Waals surface area contributed by atoms with E-state index in [4.69, 9.17) is 5.73 Å². The summed E-state index contributed by atoms with van der Waals surface area (Å²) in [5.41, 5.74) is 10.0. The molecule has 2 N–H and O–H groups in total. The Morgan fingerprint density at radius 3 is 2.30 bits per heavy atom. The molecule has 112 valence electrons. The van der Waals surface area contributed by atoms with Crippen molar-refractivity contribution in [2.75, 3.05) is 7.11 Å². The molecule has 0 fully saturated rings. The van der Waals surface area contributed by atoms with Gasteiger partial charge in [0.25, 0.3) is 0 Å². The molecule has 0 bridgehead atoms. The van der Waals surface area contributed by atoms with Gasteiger partial charge in [-0.1, -0.05) is 45.9 Å². The largest absolute Gasteiger partial charge is 0.469 e. The second-order valence-corrected chi connectivity index (χ2v) is 5.92. The highest BCUT2D eigenvalue weighted by Crippen LogP contribution is 2.29. The Hall–Kier alpha value is -1.35. The van der Waals surface area contributed by atoms with Gasteiger partial charge in [-0.05, 0) is 34.9 Å². The van der Waals surface area contributed by atoms with Crippen molar-refractivity contribution >= 4 is 5.97 Å². The lowest BCUT2D eigenvalue weighted by Crippen LogP contribution is -2.15. The fraction of sp³-hybridized carbons (Fsp3) is 0.588. The Morgan fingerprint density at radius 1 is 1.15 bits per heavy atom. The molecule has 3 heteroatoms. The molecule has 0 saturated carbocycles. The van der Waals surface area contributed by atoms with Gasteiger partial charge in [0, 0.05) is 12.5 Å². The van der Waals surface area contributed by atoms with Gasteiger partial charge < -0.3 is 10.5 Å². The molecule has 3 nitrogen and oxygen atoms in total. The van der Waals surface area contributed by atoms with Crippen LogP contribution in [0.25, 0.3) is 0 Å². The fourth-order valence-electron chi connectivity index (χ4n) is 2.32. The summed E-state index contributed by atoms with van der Waals surface area (Å²) < 4.78 is 4.67. The van der Waals surface area contributed by atoms with Crippen LogP contribution in [0.3, 0.4) is 0 Å². The van der Waals surface area contributed by atoms with E-state index in [0.717, 1.165) is 5.56 Å². The van der Waals surface area contributed by atoms with E-state index in [9.17, 15) is 4.79 Å². The number of benzene rings is 1. The first kappa shape index (κ1) is 16.7. The minimum Gasteiger partial charge on any atom is -0.469 e. The summed E-state index contributed by atoms with van der Waals surface area (Å²) in [6.45, 7) is 8.73. The Labute approximate surface area is 122 Å². The van der Waals surface area contributed by atoms with Crippen molar-refractivity contribution in [3.63, 3.8) is 0 Å². The first-order valence-corrected chi connectivity index (χ1v) is 7.33. The van der Waals surface area contributed by atoms with Gasteiger partial charge in [0.1, 0.15) is 0 Å². The summed E-state index contributed by atoms with van der Waals surface area (Å²) in [6.07, 6.45) is 0.981. The second-order valence-electron chi connectivity index (χ2n) is 5.92. The molecule has 0 radical (unpaired) electrons. The van der Waals surface area contributed by atoms with E-state index in [0.29, 0.717) is 24.7 Å². The van der Waals surface area contributed by atoms with Crippen LogP contribution < -0.4 is 5.73 Å². The van der Waals surface area contributed by atoms with Gasteiger partial charge in [0.05, 0.1) is 7.11 Å². The molecule has 0 aliphatic carbocycles. The Kier molecular flexibility index (Phi) is 6.21. The van der Waals surface area contributed by atoms with Crippen LogP contribution in [0.15, 0.2) is 18.2 Å². The smallest absolute Gasteiger partial charge is 0.305 e. The Morgan fingerprint density at radius 2 is 1.80 bits per heavy atom. The first-order chi connectivity index (χ1) is 9.36. The summed E-state index contributed by atoms with van der Waals surface area (Å²) in [4.78, 5) is 11.2. The van der Waals surface area contributed by atoms with E-state index in [1.807, 2.05) is 0 Å². The maximum atomic E-state index is 11.2. The van der Waals surface area contributed by atoms with E-state index >= 15 is 0 Å². The average molecular weight is 277 g/mol. The van der Waals surface area contributed by atoms with Crippen molar-refractivity contribution in [3.8, 4) is 0 Å². The number of esters is 1. The summed E-state index contributed by atoms with van der Waals surface area (Å²) in [5.74, 6) is 0.728. The maximum absolute atomic E-state index is 11.2. The molecule has 1 aromatic carbocycles. The SMILES string of the molecule is COC(=O)CCC(N)c1ccc(C(C)C)cc1C(C)C. The molecular weight excluding hydrogens is 250 g/mol. The van der Waals surface area contributed by atoms with Crippen molar-refractivity contribution in [2.45, 2.75) is 58.4 Å². The van der Waals surface area contributed by atoms with E-state index in [2.05, 4.69) is 50.6 Å². The van der Waals surface area contributed by atoms with Crippen LogP contribution in [0, 0.1) is 0 Å². The summed E-state index contributed by atoms with van der Waals surface area (Å²) >= 11 is 0. The van der Waals surface area contributed by atoms with Gasteiger partial charge >= 0.3 is 5.97 Å². The molecule has 0 aliphatic rings. The van der Waals surface area contributed by atoms with Gasteiger partial charge in [-0.2, -0.15) is 0 Å². The monoisotopic (exact) mass is 277 g/mol. The molecule has 1 aromatic rings. The van der Waals surface area contributed by atoms with Crippen LogP contribution in [-0.4, -0.2) is 13.1 Å². The van der Waals surface area contributed by atoms with Crippen LogP contribution >= 0.6 is 0 Å². The molecule has 0 heterocycles. The molecule has 0 saturated heterocycles. The lowest BCUT2D eigenvalue weighted by Gasteiger charge is -2.20. The highest BCUT2D eigenvalue weighted by Gasteiger charge is 2.16. The molecule has 0 aromatic heterocycles. The Bertz CT molecular complexity index is 452. The molecule has 20 heavy (non-hydrogen) atoms. The summed E-state index contributed by atoms with van der Waals surface area (Å²) in [6, 6.07) is 6.40. The molecule has 0 amide bonds. The molecule has 0 spiro atoms. The predicted octanol–water partition coefficient (Wildman–Crippen LogP) is 3.89. The van der Waals surface area contributed by atoms with Crippen LogP contribution in [0.2, 0.25) is 0 Å². The molecule has 0 aliphatic heterocycles. The number of hydrogen-bond acceptors (Lipinski definition) is 3. The Balaban J connectivity index is 2.95. The van der Waals surface area contributed by atoms with Gasteiger partial charge in [-0.25, -0.2) is 0 Å². The minimum atomic E-state index is -0.203. The van der Waals surface area contributed by atoms with Crippen molar-refractivity contribution < 1.29 is 9.53 Å². The van der Waals surface area contributed by atoms with Crippen LogP contribution in [0.4, 0.5) is 0 Å². The molecular formula is C17H27NO2. The van der Waals surface area contributed by atoms with E-state index < -0.39 is 0 Å². The molecule has 1 rings (SSSR count). The minimum absolute atomic E-state index is 0.118. The van der Waals surface area contributed by atoms with E-state index in [1.165, 1.54) is 18.2 Å². The van der Waals surface area contributed by atoms with Crippen molar-refractivity contribution in [3.05, 3.63) is 34.9 Å². The number of hydrogen-bond donors (Lipinski definition) is 1. The zero-order valence-corrected chi connectivity index (χ0v) is 13.3. The van der Waals surface area contributed by atoms with Gasteiger partial charge in [-0.15, -0.1) is 0 Å². The third kappa shape index (κ3) is 4.34. The topological polar surface area (TPSA) is 52.3 Å². The first-order valence-electron chi connectivity index (χ1n) is 7.33. The van der Waals surface area contributed by atoms with Crippen molar-refractivity contribution in [1.82, 2.24) is 0 Å². The molecule has 1 atom stereocenters. The van der Waals surface area contributed by atoms with Crippen LogP contribution in [0.1, 0.15) is 75.1 Å². The summed E-state index contributed by atoms with van der Waals surface area (Å²) in [7, 11) is 1.41. The van der Waals surface area contributed by atoms with E-state index in [-0.39, 0.29) is 12.0 Å². The van der Waals surface area contributed by atoms with Gasteiger partial charge in [0.15, 0.2) is 0 Å². The number of carbonyl (C=O) groups is 1. The number of rotatable bonds is 6. The quantitative estimate of drug-likeness (QED) is 0.803. The highest BCUT2D eigenvalue weighted by molar-refractivity contribution is 5.69. The van der Waals surface area contributed by atoms with Gasteiger partial charge in [0.2, 0.25) is 0 Å². The number of ether oxygens (including phenoxy) is 1. The average Bonchev–Trinajstić information content (AvgIpc) is 2.43. The number of carbonyl (C=O) groups excluding carboxylic acids is 1. The van der Waals surface area contributed by atoms with Crippen molar-refractivity contribution in [2.24, 2.45) is 5.73 Å². The third-order valence-electron chi connectivity index (χ3n) is 3.69. The predicted molar refractivity (Wildman–Crippen MR) is 82.8 cm³/mol. The normalized spacial score (nSPS) is 12.8. The zero-order valence-electron chi connectivity index (χ0n) is 13.3. The molecule has 1 unspecified atom stereocenters. The zero-order chi connectivity index (χ0) is 15.3. The lowest BCUT2D eigenvalue weighted by molar-refractivity contribution is -0.140. The van der Waals surface area contributed by atoms with Crippen molar-refractivity contribution in [1.29, 1.82) is 0 Å². The number of nitrogens with two attached hydrogens (primary N) is 1. The van der Waals surface area contributed by atoms with E-state index in [1.54, 1.807) is 0 Å². The second kappa shape index (κ2) is 7.44. The third-order valence-corrected chi connectivity index (χ3v) is 3.69. The standard InChI is InChI=1S/C17H27NO2/c1-11(2)13-6-7-14(15(10-13)12(3)4)16(18)8-9-17(19)20-5/h6-7,10-12,16H,8-9,18H2,1-5H3. The van der Waals surface area contributed by atoms with Crippen LogP contribution in [-0.2, 0) is 9.53 Å². The van der Waals surface area contributed by atoms with Gasteiger partial charge in [-0.3, -0.25) is 4.79 Å². The lowest BCUT2D eigenvalue weighted by atomic mass is 9.87.